The zero-order chi connectivity index (χ0) is 29.4. The smallest absolute Gasteiger partial charge is 0.340 e. The van der Waals surface area contributed by atoms with E-state index in [0.717, 1.165) is 89.0 Å². The molecular formula is C38H36N2O3. The molecule has 2 aliphatic rings. The summed E-state index contributed by atoms with van der Waals surface area (Å²) in [6, 6.07) is 34.7. The number of hydrogen-bond acceptors (Lipinski definition) is 5. The average molecular weight is 569 g/mol. The lowest BCUT2D eigenvalue weighted by atomic mass is 9.76. The fourth-order valence-corrected chi connectivity index (χ4v) is 6.53. The molecular weight excluding hydrogens is 532 g/mol. The fourth-order valence-electron chi connectivity index (χ4n) is 6.53. The summed E-state index contributed by atoms with van der Waals surface area (Å²) in [7, 11) is 0. The van der Waals surface area contributed by atoms with Gasteiger partial charge in [0, 0.05) is 47.3 Å². The van der Waals surface area contributed by atoms with Gasteiger partial charge in [-0.3, -0.25) is 0 Å². The number of carbonyl (C=O) groups is 1. The molecule has 0 fully saturated rings. The van der Waals surface area contributed by atoms with Crippen molar-refractivity contribution < 1.29 is 14.3 Å². The van der Waals surface area contributed by atoms with Crippen molar-refractivity contribution in [2.45, 2.75) is 45.1 Å². The summed E-state index contributed by atoms with van der Waals surface area (Å²) in [5, 5.41) is 5.52. The zero-order valence-corrected chi connectivity index (χ0v) is 24.7. The largest absolute Gasteiger partial charge is 0.456 e. The summed E-state index contributed by atoms with van der Waals surface area (Å²) in [6.07, 6.45) is 4.55. The SMILES string of the molecule is CCCCN(CCCC)c1ccc2c(c1)Oc1ccc3cc(Nc4ccccc4)ccc3c1C21OC(=O)c2ccccc21. The van der Waals surface area contributed by atoms with Gasteiger partial charge in [-0.25, -0.2) is 4.79 Å². The standard InChI is InChI=1S/C38H36N2O3/c1-3-5-22-40(23-6-4-2)29-18-20-33-35(25-29)42-34-21-16-26-24-28(39-27-12-8-7-9-13-27)17-19-30(26)36(34)38(33)32-15-11-10-14-31(32)37(41)43-38/h7-21,24-25,39H,3-6,22-23H2,1-2H3. The molecule has 2 heterocycles. The molecule has 5 aromatic carbocycles. The molecule has 5 nitrogen and oxygen atoms in total. The lowest BCUT2D eigenvalue weighted by Crippen LogP contribution is -2.33. The fraction of sp³-hybridized carbons (Fsp3) is 0.237. The molecule has 0 saturated carbocycles. The topological polar surface area (TPSA) is 50.8 Å². The minimum Gasteiger partial charge on any atom is -0.456 e. The van der Waals surface area contributed by atoms with Crippen molar-refractivity contribution in [3.63, 3.8) is 0 Å². The van der Waals surface area contributed by atoms with Gasteiger partial charge in [-0.2, -0.15) is 0 Å². The van der Waals surface area contributed by atoms with Crippen molar-refractivity contribution in [1.29, 1.82) is 0 Å². The van der Waals surface area contributed by atoms with E-state index in [1.165, 1.54) is 0 Å². The van der Waals surface area contributed by atoms with Gasteiger partial charge in [0.25, 0.3) is 0 Å². The van der Waals surface area contributed by atoms with Crippen LogP contribution < -0.4 is 15.0 Å². The molecule has 0 saturated heterocycles. The highest BCUT2D eigenvalue weighted by molar-refractivity contribution is 6.00. The van der Waals surface area contributed by atoms with E-state index in [-0.39, 0.29) is 5.97 Å². The molecule has 1 unspecified atom stereocenters. The van der Waals surface area contributed by atoms with Crippen LogP contribution >= 0.6 is 0 Å². The third-order valence-corrected chi connectivity index (χ3v) is 8.66. The number of fused-ring (bicyclic) bond motifs is 8. The van der Waals surface area contributed by atoms with E-state index in [9.17, 15) is 4.79 Å². The van der Waals surface area contributed by atoms with Crippen LogP contribution in [-0.4, -0.2) is 19.1 Å². The number of benzene rings is 5. The molecule has 5 aromatic rings. The molecule has 43 heavy (non-hydrogen) atoms. The summed E-state index contributed by atoms with van der Waals surface area (Å²) < 4.78 is 13.2. The molecule has 0 bridgehead atoms. The minimum atomic E-state index is -1.11. The van der Waals surface area contributed by atoms with Gasteiger partial charge >= 0.3 is 5.97 Å². The number of nitrogens with one attached hydrogen (secondary N) is 1. The second-order valence-corrected chi connectivity index (χ2v) is 11.5. The van der Waals surface area contributed by atoms with E-state index >= 15 is 0 Å². The molecule has 0 amide bonds. The van der Waals surface area contributed by atoms with E-state index in [1.54, 1.807) is 0 Å². The normalized spacial score (nSPS) is 16.3. The van der Waals surface area contributed by atoms with Crippen molar-refractivity contribution in [1.82, 2.24) is 0 Å². The number of nitrogens with zero attached hydrogens (tertiary/aromatic N) is 1. The average Bonchev–Trinajstić information content (AvgIpc) is 3.33. The van der Waals surface area contributed by atoms with Crippen LogP contribution in [0.3, 0.4) is 0 Å². The number of unbranched alkanes of at least 4 members (excludes halogenated alkanes) is 2. The van der Waals surface area contributed by atoms with Gasteiger partial charge in [0.15, 0.2) is 5.60 Å². The highest BCUT2D eigenvalue weighted by Crippen LogP contribution is 2.58. The van der Waals surface area contributed by atoms with E-state index < -0.39 is 5.60 Å². The first-order valence-corrected chi connectivity index (χ1v) is 15.4. The summed E-state index contributed by atoms with van der Waals surface area (Å²) >= 11 is 0. The lowest BCUT2D eigenvalue weighted by molar-refractivity contribution is 0.0229. The first-order valence-electron chi connectivity index (χ1n) is 15.4. The first kappa shape index (κ1) is 27.1. The van der Waals surface area contributed by atoms with Crippen LogP contribution in [0.1, 0.15) is 66.6 Å². The molecule has 0 aromatic heterocycles. The van der Waals surface area contributed by atoms with Crippen LogP contribution in [0.2, 0.25) is 0 Å². The van der Waals surface area contributed by atoms with Crippen molar-refractivity contribution in [3.8, 4) is 11.5 Å². The summed E-state index contributed by atoms with van der Waals surface area (Å²) in [5.41, 5.74) is 5.20. The molecule has 7 rings (SSSR count). The number of esters is 1. The third-order valence-electron chi connectivity index (χ3n) is 8.66. The number of carbonyl (C=O) groups excluding carboxylic acids is 1. The van der Waals surface area contributed by atoms with Gasteiger partial charge in [-0.1, -0.05) is 75.2 Å². The highest BCUT2D eigenvalue weighted by Gasteiger charge is 2.54. The first-order chi connectivity index (χ1) is 21.1. The molecule has 2 aliphatic heterocycles. The molecule has 1 spiro atoms. The van der Waals surface area contributed by atoms with Gasteiger partial charge in [0.1, 0.15) is 11.5 Å². The number of anilines is 3. The van der Waals surface area contributed by atoms with Crippen molar-refractivity contribution in [3.05, 3.63) is 125 Å². The lowest BCUT2D eigenvalue weighted by Gasteiger charge is -2.38. The van der Waals surface area contributed by atoms with Crippen LogP contribution in [-0.2, 0) is 10.3 Å². The Bertz CT molecular complexity index is 1810. The Morgan fingerprint density at radius 2 is 1.49 bits per heavy atom. The van der Waals surface area contributed by atoms with E-state index in [0.29, 0.717) is 11.3 Å². The zero-order valence-electron chi connectivity index (χ0n) is 24.7. The second-order valence-electron chi connectivity index (χ2n) is 11.5. The van der Waals surface area contributed by atoms with E-state index in [1.807, 2.05) is 60.7 Å². The van der Waals surface area contributed by atoms with Crippen LogP contribution in [0.5, 0.6) is 11.5 Å². The summed E-state index contributed by atoms with van der Waals surface area (Å²) in [5.74, 6) is 1.12. The second kappa shape index (κ2) is 11.1. The van der Waals surface area contributed by atoms with Crippen molar-refractivity contribution in [2.75, 3.05) is 23.3 Å². The molecule has 0 aliphatic carbocycles. The van der Waals surface area contributed by atoms with E-state index in [4.69, 9.17) is 9.47 Å². The van der Waals surface area contributed by atoms with Crippen LogP contribution in [0, 0.1) is 0 Å². The van der Waals surface area contributed by atoms with Gasteiger partial charge in [-0.05, 0) is 72.1 Å². The Kier molecular flexibility index (Phi) is 7.02. The third kappa shape index (κ3) is 4.60. The van der Waals surface area contributed by atoms with E-state index in [2.05, 4.69) is 66.5 Å². The quantitative estimate of drug-likeness (QED) is 0.179. The van der Waals surface area contributed by atoms with Gasteiger partial charge in [0.2, 0.25) is 0 Å². The number of hydrogen-bond donors (Lipinski definition) is 1. The molecule has 0 radical (unpaired) electrons. The summed E-state index contributed by atoms with van der Waals surface area (Å²) in [4.78, 5) is 15.9. The Balaban J connectivity index is 1.39. The molecule has 216 valence electrons. The maximum atomic E-state index is 13.5. The Morgan fingerprint density at radius 3 is 2.28 bits per heavy atom. The van der Waals surface area contributed by atoms with Crippen LogP contribution in [0.25, 0.3) is 10.8 Å². The summed E-state index contributed by atoms with van der Waals surface area (Å²) in [6.45, 7) is 6.45. The predicted octanol–water partition coefficient (Wildman–Crippen LogP) is 9.56. The van der Waals surface area contributed by atoms with Crippen LogP contribution in [0.15, 0.2) is 103 Å². The monoisotopic (exact) mass is 568 g/mol. The van der Waals surface area contributed by atoms with Crippen molar-refractivity contribution in [2.24, 2.45) is 0 Å². The molecule has 1 N–H and O–H groups in total. The highest BCUT2D eigenvalue weighted by atomic mass is 16.6. The predicted molar refractivity (Wildman–Crippen MR) is 174 cm³/mol. The maximum Gasteiger partial charge on any atom is 0.340 e. The number of para-hydroxylation sites is 1. The van der Waals surface area contributed by atoms with Crippen LogP contribution in [0.4, 0.5) is 17.1 Å². The van der Waals surface area contributed by atoms with Gasteiger partial charge < -0.3 is 19.7 Å². The minimum absolute atomic E-state index is 0.314. The Labute approximate surface area is 253 Å². The van der Waals surface area contributed by atoms with Crippen molar-refractivity contribution >= 4 is 33.8 Å². The Morgan fingerprint density at radius 1 is 0.721 bits per heavy atom. The van der Waals surface area contributed by atoms with Gasteiger partial charge in [0.05, 0.1) is 11.1 Å². The molecule has 5 heteroatoms. The maximum absolute atomic E-state index is 13.5. The molecule has 1 atom stereocenters. The Hall–Kier alpha value is -4.77. The van der Waals surface area contributed by atoms with Gasteiger partial charge in [-0.15, -0.1) is 0 Å². The number of rotatable bonds is 9. The number of ether oxygens (including phenoxy) is 2.